The summed E-state index contributed by atoms with van der Waals surface area (Å²) in [7, 11) is 0. The second-order valence-corrected chi connectivity index (χ2v) is 7.29. The Balaban J connectivity index is 1.52. The molecule has 1 amide bonds. The smallest absolute Gasteiger partial charge is 0.306 e. The minimum atomic E-state index is -0.517. The summed E-state index contributed by atoms with van der Waals surface area (Å²) in [6, 6.07) is 4.64. The van der Waals surface area contributed by atoms with Gasteiger partial charge >= 0.3 is 5.69 Å². The molecular formula is C18H21ClFN5O3. The maximum absolute atomic E-state index is 13.9. The Bertz CT molecular complexity index is 846. The van der Waals surface area contributed by atoms with Crippen LogP contribution in [0.5, 0.6) is 0 Å². The molecule has 2 aromatic rings. The lowest BCUT2D eigenvalue weighted by molar-refractivity contribution is -0.385. The first kappa shape index (κ1) is 20.2. The maximum atomic E-state index is 13.9. The van der Waals surface area contributed by atoms with Crippen molar-refractivity contribution in [1.82, 2.24) is 19.6 Å². The number of piperazine rings is 1. The van der Waals surface area contributed by atoms with Crippen molar-refractivity contribution in [3.8, 4) is 0 Å². The van der Waals surface area contributed by atoms with E-state index in [2.05, 4.69) is 10.00 Å². The summed E-state index contributed by atoms with van der Waals surface area (Å²) in [5, 5.41) is 15.1. The lowest BCUT2D eigenvalue weighted by atomic mass is 10.1. The molecule has 0 radical (unpaired) electrons. The third-order valence-electron chi connectivity index (χ3n) is 4.84. The van der Waals surface area contributed by atoms with Crippen molar-refractivity contribution < 1.29 is 14.1 Å². The monoisotopic (exact) mass is 409 g/mol. The molecule has 2 heterocycles. The topological polar surface area (TPSA) is 84.5 Å². The number of benzene rings is 1. The molecule has 0 aliphatic carbocycles. The summed E-state index contributed by atoms with van der Waals surface area (Å²) < 4.78 is 15.4. The van der Waals surface area contributed by atoms with Crippen molar-refractivity contribution in [2.75, 3.05) is 26.2 Å². The van der Waals surface area contributed by atoms with Gasteiger partial charge in [-0.25, -0.2) is 4.39 Å². The molecule has 0 saturated carbocycles. The Labute approximate surface area is 166 Å². The number of nitrogens with zero attached hydrogens (tertiary/aromatic N) is 5. The van der Waals surface area contributed by atoms with Gasteiger partial charge in [0.1, 0.15) is 18.2 Å². The second-order valence-electron chi connectivity index (χ2n) is 6.88. The van der Waals surface area contributed by atoms with E-state index in [1.54, 1.807) is 24.0 Å². The van der Waals surface area contributed by atoms with Crippen LogP contribution < -0.4 is 0 Å². The number of carbonyl (C=O) groups is 1. The van der Waals surface area contributed by atoms with Crippen LogP contribution in [0.25, 0.3) is 0 Å². The molecule has 1 aromatic carbocycles. The normalized spacial score (nSPS) is 16.2. The van der Waals surface area contributed by atoms with E-state index in [1.165, 1.54) is 23.1 Å². The number of aromatic nitrogens is 2. The number of hydrogen-bond donors (Lipinski definition) is 0. The van der Waals surface area contributed by atoms with Crippen molar-refractivity contribution >= 4 is 23.2 Å². The first-order valence-electron chi connectivity index (χ1n) is 8.96. The van der Waals surface area contributed by atoms with Gasteiger partial charge in [-0.1, -0.05) is 24.6 Å². The number of halogens is 2. The number of amides is 1. The number of carbonyl (C=O) groups excluding carboxylic acids is 1. The van der Waals surface area contributed by atoms with E-state index in [0.29, 0.717) is 43.3 Å². The van der Waals surface area contributed by atoms with Gasteiger partial charge in [-0.3, -0.25) is 24.5 Å². The maximum Gasteiger partial charge on any atom is 0.306 e. The molecule has 28 heavy (non-hydrogen) atoms. The first-order chi connectivity index (χ1) is 13.3. The molecule has 1 unspecified atom stereocenters. The van der Waals surface area contributed by atoms with Crippen molar-refractivity contribution in [2.24, 2.45) is 5.92 Å². The highest BCUT2D eigenvalue weighted by Crippen LogP contribution is 2.21. The van der Waals surface area contributed by atoms with Crippen LogP contribution in [0.4, 0.5) is 10.1 Å². The molecule has 1 fully saturated rings. The minimum Gasteiger partial charge on any atom is -0.340 e. The van der Waals surface area contributed by atoms with E-state index in [-0.39, 0.29) is 29.9 Å². The van der Waals surface area contributed by atoms with Gasteiger partial charge < -0.3 is 4.90 Å². The van der Waals surface area contributed by atoms with E-state index in [0.717, 1.165) is 0 Å². The molecule has 8 nitrogen and oxygen atoms in total. The molecule has 0 spiro atoms. The third-order valence-corrected chi connectivity index (χ3v) is 5.19. The first-order valence-corrected chi connectivity index (χ1v) is 9.34. The van der Waals surface area contributed by atoms with Gasteiger partial charge in [0.2, 0.25) is 5.91 Å². The van der Waals surface area contributed by atoms with Gasteiger partial charge in [0.25, 0.3) is 0 Å². The Hall–Kier alpha value is -2.52. The molecule has 1 aliphatic rings. The second kappa shape index (κ2) is 8.66. The predicted molar refractivity (Wildman–Crippen MR) is 101 cm³/mol. The van der Waals surface area contributed by atoms with Crippen molar-refractivity contribution in [3.63, 3.8) is 0 Å². The van der Waals surface area contributed by atoms with E-state index < -0.39 is 4.92 Å². The Morgan fingerprint density at radius 1 is 1.36 bits per heavy atom. The average Bonchev–Trinajstić information content (AvgIpc) is 3.13. The van der Waals surface area contributed by atoms with Crippen LogP contribution >= 0.6 is 11.6 Å². The summed E-state index contributed by atoms with van der Waals surface area (Å²) in [6.45, 7) is 4.77. The zero-order chi connectivity index (χ0) is 20.3. The molecule has 1 aliphatic heterocycles. The molecule has 1 atom stereocenters. The molecular weight excluding hydrogens is 389 g/mol. The van der Waals surface area contributed by atoms with Crippen LogP contribution in [0.15, 0.2) is 30.6 Å². The molecule has 0 N–H and O–H groups in total. The van der Waals surface area contributed by atoms with Gasteiger partial charge in [0.05, 0.1) is 17.4 Å². The molecule has 1 aromatic heterocycles. The van der Waals surface area contributed by atoms with Crippen LogP contribution in [0.1, 0.15) is 12.5 Å². The summed E-state index contributed by atoms with van der Waals surface area (Å²) in [5.74, 6) is -0.707. The summed E-state index contributed by atoms with van der Waals surface area (Å²) in [6.07, 6.45) is 2.49. The summed E-state index contributed by atoms with van der Waals surface area (Å²) in [4.78, 5) is 26.7. The number of nitro groups is 1. The fraction of sp³-hybridized carbons (Fsp3) is 0.444. The Morgan fingerprint density at radius 3 is 2.68 bits per heavy atom. The fourth-order valence-corrected chi connectivity index (χ4v) is 3.47. The van der Waals surface area contributed by atoms with Crippen LogP contribution in [0.3, 0.4) is 0 Å². The summed E-state index contributed by atoms with van der Waals surface area (Å²) in [5.41, 5.74) is 0.373. The molecule has 1 saturated heterocycles. The van der Waals surface area contributed by atoms with E-state index in [9.17, 15) is 19.3 Å². The highest BCUT2D eigenvalue weighted by atomic mass is 35.5. The fourth-order valence-electron chi connectivity index (χ4n) is 3.25. The molecule has 0 bridgehead atoms. The minimum absolute atomic E-state index is 0.0262. The zero-order valence-corrected chi connectivity index (χ0v) is 16.2. The standard InChI is InChI=1S/C18H21ClFN5O3/c1-13(10-24-11-14(9-21-24)25(27)28)18(26)23-7-5-22(6-8-23)12-15-16(19)3-2-4-17(15)20/h2-4,9,11,13H,5-8,10,12H2,1H3. The SMILES string of the molecule is CC(Cn1cc([N+](=O)[O-])cn1)C(=O)N1CCN(Cc2c(F)cccc2Cl)CC1. The quantitative estimate of drug-likeness (QED) is 0.540. The van der Waals surface area contributed by atoms with Gasteiger partial charge in [-0.15, -0.1) is 0 Å². The largest absolute Gasteiger partial charge is 0.340 e. The average molecular weight is 410 g/mol. The van der Waals surface area contributed by atoms with Gasteiger partial charge in [-0.05, 0) is 12.1 Å². The van der Waals surface area contributed by atoms with Crippen molar-refractivity contribution in [1.29, 1.82) is 0 Å². The zero-order valence-electron chi connectivity index (χ0n) is 15.4. The van der Waals surface area contributed by atoms with Crippen molar-refractivity contribution in [3.05, 3.63) is 57.1 Å². The van der Waals surface area contributed by atoms with Crippen LogP contribution in [0, 0.1) is 21.8 Å². The van der Waals surface area contributed by atoms with Gasteiger partial charge in [0.15, 0.2) is 0 Å². The van der Waals surface area contributed by atoms with Gasteiger partial charge in [0, 0.05) is 43.3 Å². The number of hydrogen-bond acceptors (Lipinski definition) is 5. The van der Waals surface area contributed by atoms with Crippen LogP contribution in [0.2, 0.25) is 5.02 Å². The van der Waals surface area contributed by atoms with E-state index >= 15 is 0 Å². The Kier molecular flexibility index (Phi) is 6.25. The lowest BCUT2D eigenvalue weighted by Gasteiger charge is -2.36. The molecule has 3 rings (SSSR count). The summed E-state index contributed by atoms with van der Waals surface area (Å²) >= 11 is 6.09. The van der Waals surface area contributed by atoms with Crippen LogP contribution in [-0.4, -0.2) is 56.6 Å². The van der Waals surface area contributed by atoms with Crippen LogP contribution in [-0.2, 0) is 17.9 Å². The number of rotatable bonds is 6. The predicted octanol–water partition coefficient (Wildman–Crippen LogP) is 2.56. The van der Waals surface area contributed by atoms with Crippen molar-refractivity contribution in [2.45, 2.75) is 20.0 Å². The van der Waals surface area contributed by atoms with E-state index in [1.807, 2.05) is 0 Å². The Morgan fingerprint density at radius 2 is 2.07 bits per heavy atom. The molecule has 10 heteroatoms. The van der Waals surface area contributed by atoms with Gasteiger partial charge in [-0.2, -0.15) is 5.10 Å². The van der Waals surface area contributed by atoms with E-state index in [4.69, 9.17) is 11.6 Å². The lowest BCUT2D eigenvalue weighted by Crippen LogP contribution is -2.50. The third kappa shape index (κ3) is 4.66. The highest BCUT2D eigenvalue weighted by Gasteiger charge is 2.26. The highest BCUT2D eigenvalue weighted by molar-refractivity contribution is 6.31. The molecule has 150 valence electrons.